The van der Waals surface area contributed by atoms with Crippen LogP contribution in [-0.4, -0.2) is 45.6 Å². The summed E-state index contributed by atoms with van der Waals surface area (Å²) in [7, 11) is 1.82. The standard InChI is InChI=1S/C20H20FN5O/c1-27-19-11-8-12-10-25(18(19)14(12)9-11)17-7-6-16-22-23-20(26(16)24-17)13-4-2-3-5-15(13)21/h2-7,11-12,14,18-19H,8-10H2,1H3/t11-,12+,14-,18-,19+/m0/s1. The third-order valence-electron chi connectivity index (χ3n) is 6.75. The Balaban J connectivity index is 1.45. The third-order valence-corrected chi connectivity index (χ3v) is 6.75. The maximum absolute atomic E-state index is 14.3. The molecule has 2 saturated carbocycles. The number of methoxy groups -OCH3 is 1. The Labute approximate surface area is 156 Å². The predicted octanol–water partition coefficient (Wildman–Crippen LogP) is 2.79. The Morgan fingerprint density at radius 3 is 2.81 bits per heavy atom. The number of ether oxygens (including phenoxy) is 1. The van der Waals surface area contributed by atoms with Gasteiger partial charge in [-0.05, 0) is 54.9 Å². The Bertz CT molecular complexity index is 1030. The molecule has 1 saturated heterocycles. The number of aromatic nitrogens is 4. The van der Waals surface area contributed by atoms with E-state index in [1.807, 2.05) is 19.2 Å². The second kappa shape index (κ2) is 5.48. The molecule has 27 heavy (non-hydrogen) atoms. The summed E-state index contributed by atoms with van der Waals surface area (Å²) in [4.78, 5) is 2.39. The molecule has 138 valence electrons. The van der Waals surface area contributed by atoms with Crippen LogP contribution in [0.15, 0.2) is 36.4 Å². The zero-order chi connectivity index (χ0) is 18.1. The van der Waals surface area contributed by atoms with Gasteiger partial charge in [-0.15, -0.1) is 15.3 Å². The largest absolute Gasteiger partial charge is 0.379 e. The van der Waals surface area contributed by atoms with Crippen molar-refractivity contribution >= 4 is 11.5 Å². The molecule has 2 aromatic heterocycles. The average molecular weight is 365 g/mol. The molecule has 0 amide bonds. The van der Waals surface area contributed by atoms with E-state index in [1.165, 1.54) is 18.9 Å². The monoisotopic (exact) mass is 365 g/mol. The molecule has 3 aliphatic rings. The second-order valence-electron chi connectivity index (χ2n) is 7.96. The van der Waals surface area contributed by atoms with Gasteiger partial charge in [-0.25, -0.2) is 4.39 Å². The molecule has 5 atom stereocenters. The number of fused-ring (bicyclic) bond motifs is 2. The molecule has 0 spiro atoms. The van der Waals surface area contributed by atoms with Crippen molar-refractivity contribution in [2.24, 2.45) is 17.8 Å². The maximum Gasteiger partial charge on any atom is 0.188 e. The fourth-order valence-electron chi connectivity index (χ4n) is 5.72. The number of halogens is 1. The van der Waals surface area contributed by atoms with E-state index in [2.05, 4.69) is 15.1 Å². The molecule has 3 fully saturated rings. The van der Waals surface area contributed by atoms with Crippen molar-refractivity contribution in [3.8, 4) is 11.4 Å². The summed E-state index contributed by atoms with van der Waals surface area (Å²) in [5.41, 5.74) is 1.03. The zero-order valence-corrected chi connectivity index (χ0v) is 15.0. The van der Waals surface area contributed by atoms with Gasteiger partial charge < -0.3 is 9.64 Å². The van der Waals surface area contributed by atoms with Crippen LogP contribution >= 0.6 is 0 Å². The van der Waals surface area contributed by atoms with E-state index in [1.54, 1.807) is 22.7 Å². The lowest BCUT2D eigenvalue weighted by Gasteiger charge is -2.31. The van der Waals surface area contributed by atoms with E-state index >= 15 is 0 Å². The molecule has 0 unspecified atom stereocenters. The van der Waals surface area contributed by atoms with Gasteiger partial charge in [-0.3, -0.25) is 0 Å². The van der Waals surface area contributed by atoms with Gasteiger partial charge in [-0.1, -0.05) is 12.1 Å². The van der Waals surface area contributed by atoms with Gasteiger partial charge >= 0.3 is 0 Å². The molecule has 6 nitrogen and oxygen atoms in total. The van der Waals surface area contributed by atoms with E-state index < -0.39 is 0 Å². The van der Waals surface area contributed by atoms with Crippen molar-refractivity contribution in [1.29, 1.82) is 0 Å². The van der Waals surface area contributed by atoms with Gasteiger partial charge in [0, 0.05) is 13.7 Å². The molecule has 3 heterocycles. The lowest BCUT2D eigenvalue weighted by Crippen LogP contribution is -2.42. The molecular weight excluding hydrogens is 345 g/mol. The highest BCUT2D eigenvalue weighted by Crippen LogP contribution is 2.56. The van der Waals surface area contributed by atoms with Crippen molar-refractivity contribution in [3.05, 3.63) is 42.2 Å². The first kappa shape index (κ1) is 15.5. The summed E-state index contributed by atoms with van der Waals surface area (Å²) in [5, 5.41) is 13.2. The van der Waals surface area contributed by atoms with E-state index in [9.17, 15) is 4.39 Å². The van der Waals surface area contributed by atoms with Gasteiger partial charge in [0.05, 0.1) is 17.7 Å². The summed E-state index contributed by atoms with van der Waals surface area (Å²) in [5.74, 6) is 3.10. The molecule has 1 aromatic carbocycles. The Morgan fingerprint density at radius 2 is 1.96 bits per heavy atom. The van der Waals surface area contributed by atoms with E-state index in [4.69, 9.17) is 9.84 Å². The maximum atomic E-state index is 14.3. The van der Waals surface area contributed by atoms with Crippen molar-refractivity contribution in [2.75, 3.05) is 18.6 Å². The van der Waals surface area contributed by atoms with Crippen molar-refractivity contribution in [2.45, 2.75) is 25.0 Å². The molecule has 0 N–H and O–H groups in total. The Morgan fingerprint density at radius 1 is 1.07 bits per heavy atom. The molecule has 1 aliphatic heterocycles. The first-order valence-electron chi connectivity index (χ1n) is 9.51. The highest BCUT2D eigenvalue weighted by molar-refractivity contribution is 5.60. The van der Waals surface area contributed by atoms with E-state index in [-0.39, 0.29) is 11.9 Å². The van der Waals surface area contributed by atoms with Crippen LogP contribution in [0.1, 0.15) is 12.8 Å². The van der Waals surface area contributed by atoms with E-state index in [0.29, 0.717) is 34.9 Å². The number of rotatable bonds is 3. The lowest BCUT2D eigenvalue weighted by atomic mass is 9.88. The molecule has 7 heteroatoms. The molecule has 3 aromatic rings. The van der Waals surface area contributed by atoms with Gasteiger partial charge in [0.2, 0.25) is 0 Å². The normalized spacial score (nSPS) is 31.3. The zero-order valence-electron chi connectivity index (χ0n) is 15.0. The third kappa shape index (κ3) is 2.06. The van der Waals surface area contributed by atoms with Crippen LogP contribution in [0.5, 0.6) is 0 Å². The number of hydrogen-bond acceptors (Lipinski definition) is 5. The minimum absolute atomic E-state index is 0.276. The molecular formula is C20H20FN5O. The summed E-state index contributed by atoms with van der Waals surface area (Å²) in [6.45, 7) is 1.02. The number of anilines is 1. The number of benzene rings is 1. The van der Waals surface area contributed by atoms with Gasteiger partial charge in [0.25, 0.3) is 0 Å². The quantitative estimate of drug-likeness (QED) is 0.714. The summed E-state index contributed by atoms with van der Waals surface area (Å²) >= 11 is 0. The van der Waals surface area contributed by atoms with Crippen LogP contribution in [0.2, 0.25) is 0 Å². The van der Waals surface area contributed by atoms with E-state index in [0.717, 1.165) is 18.3 Å². The smallest absolute Gasteiger partial charge is 0.188 e. The second-order valence-corrected chi connectivity index (χ2v) is 7.96. The summed E-state index contributed by atoms with van der Waals surface area (Å²) in [6.07, 6.45) is 2.80. The fraction of sp³-hybridized carbons (Fsp3) is 0.450. The topological polar surface area (TPSA) is 55.5 Å². The number of hydrogen-bond donors (Lipinski definition) is 0. The lowest BCUT2D eigenvalue weighted by molar-refractivity contribution is 0.0446. The fourth-order valence-corrected chi connectivity index (χ4v) is 5.72. The van der Waals surface area contributed by atoms with Gasteiger partial charge in [0.15, 0.2) is 11.5 Å². The highest BCUT2D eigenvalue weighted by atomic mass is 19.1. The first-order chi connectivity index (χ1) is 13.2. The molecule has 2 bridgehead atoms. The van der Waals surface area contributed by atoms with Crippen LogP contribution in [0, 0.1) is 23.6 Å². The van der Waals surface area contributed by atoms with Crippen molar-refractivity contribution < 1.29 is 9.13 Å². The van der Waals surface area contributed by atoms with Crippen LogP contribution < -0.4 is 4.90 Å². The molecule has 0 radical (unpaired) electrons. The van der Waals surface area contributed by atoms with Crippen LogP contribution in [0.4, 0.5) is 10.2 Å². The van der Waals surface area contributed by atoms with Crippen LogP contribution in [-0.2, 0) is 4.74 Å². The van der Waals surface area contributed by atoms with Crippen LogP contribution in [0.3, 0.4) is 0 Å². The van der Waals surface area contributed by atoms with Crippen LogP contribution in [0.25, 0.3) is 17.0 Å². The molecule has 2 aliphatic carbocycles. The van der Waals surface area contributed by atoms with Gasteiger partial charge in [-0.2, -0.15) is 4.52 Å². The first-order valence-corrected chi connectivity index (χ1v) is 9.51. The Hall–Kier alpha value is -2.54. The van der Waals surface area contributed by atoms with Crippen molar-refractivity contribution in [3.63, 3.8) is 0 Å². The summed E-state index contributed by atoms with van der Waals surface area (Å²) in [6, 6.07) is 10.9. The minimum Gasteiger partial charge on any atom is -0.379 e. The van der Waals surface area contributed by atoms with Crippen molar-refractivity contribution in [1.82, 2.24) is 19.8 Å². The summed E-state index contributed by atoms with van der Waals surface area (Å²) < 4.78 is 21.8. The highest BCUT2D eigenvalue weighted by Gasteiger charge is 2.59. The molecule has 6 rings (SSSR count). The van der Waals surface area contributed by atoms with Gasteiger partial charge in [0.1, 0.15) is 11.6 Å². The SMILES string of the molecule is CO[C@@H]1[C@H]2C[C@@H]3CN(c4ccc5nnc(-c6ccccc6F)n5n4)[C@H]1[C@H]3C2. The predicted molar refractivity (Wildman–Crippen MR) is 97.8 cm³/mol. The Kier molecular flexibility index (Phi) is 3.15. The minimum atomic E-state index is -0.323. The average Bonchev–Trinajstić information content (AvgIpc) is 3.40. The number of nitrogens with zero attached hydrogens (tertiary/aromatic N) is 5.